The van der Waals surface area contributed by atoms with Gasteiger partial charge < -0.3 is 15.7 Å². The molecule has 0 aliphatic heterocycles. The second-order valence-electron chi connectivity index (χ2n) is 4.27. The smallest absolute Gasteiger partial charge is 0.253 e. The molecule has 0 saturated carbocycles. The Kier molecular flexibility index (Phi) is 5.79. The normalized spacial score (nSPS) is 13.5. The molecule has 5 nitrogen and oxygen atoms in total. The average molecular weight is 285 g/mol. The molecule has 0 aromatic heterocycles. The second-order valence-corrected chi connectivity index (χ2v) is 4.67. The van der Waals surface area contributed by atoms with Gasteiger partial charge >= 0.3 is 0 Å². The first-order valence-corrected chi connectivity index (χ1v) is 6.30. The standard InChI is InChI=1S/C13H17ClN2O3/c1-8(7-17)15-12(18)9(2)16-13(19)10-5-3-4-6-11(10)14/h3-6,8-9,17H,7H2,1-2H3,(H,15,18)(H,16,19). The fourth-order valence-corrected chi connectivity index (χ4v) is 1.62. The van der Waals surface area contributed by atoms with Gasteiger partial charge in [-0.25, -0.2) is 0 Å². The summed E-state index contributed by atoms with van der Waals surface area (Å²) >= 11 is 5.89. The Balaban J connectivity index is 2.62. The van der Waals surface area contributed by atoms with E-state index >= 15 is 0 Å². The third-order valence-electron chi connectivity index (χ3n) is 2.52. The molecule has 0 fully saturated rings. The summed E-state index contributed by atoms with van der Waals surface area (Å²) in [6, 6.07) is 5.54. The van der Waals surface area contributed by atoms with E-state index in [2.05, 4.69) is 10.6 Å². The van der Waals surface area contributed by atoms with Crippen LogP contribution in [0.2, 0.25) is 5.02 Å². The van der Waals surface area contributed by atoms with Crippen molar-refractivity contribution in [2.75, 3.05) is 6.61 Å². The first-order valence-electron chi connectivity index (χ1n) is 5.92. The molecular weight excluding hydrogens is 268 g/mol. The van der Waals surface area contributed by atoms with E-state index in [9.17, 15) is 9.59 Å². The van der Waals surface area contributed by atoms with Crippen molar-refractivity contribution in [2.45, 2.75) is 25.9 Å². The SMILES string of the molecule is CC(CO)NC(=O)C(C)NC(=O)c1ccccc1Cl. The molecule has 0 bridgehead atoms. The van der Waals surface area contributed by atoms with Crippen LogP contribution in [0.25, 0.3) is 0 Å². The van der Waals surface area contributed by atoms with Gasteiger partial charge in [-0.05, 0) is 26.0 Å². The number of benzene rings is 1. The number of carbonyl (C=O) groups is 2. The van der Waals surface area contributed by atoms with Crippen molar-refractivity contribution in [1.82, 2.24) is 10.6 Å². The quantitative estimate of drug-likeness (QED) is 0.753. The summed E-state index contributed by atoms with van der Waals surface area (Å²) in [4.78, 5) is 23.6. The number of halogens is 1. The lowest BCUT2D eigenvalue weighted by molar-refractivity contribution is -0.123. The summed E-state index contributed by atoms with van der Waals surface area (Å²) in [5.41, 5.74) is 0.319. The van der Waals surface area contributed by atoms with Crippen molar-refractivity contribution in [2.24, 2.45) is 0 Å². The van der Waals surface area contributed by atoms with E-state index in [1.165, 1.54) is 0 Å². The highest BCUT2D eigenvalue weighted by Crippen LogP contribution is 2.14. The molecule has 0 heterocycles. The van der Waals surface area contributed by atoms with Gasteiger partial charge in [-0.1, -0.05) is 23.7 Å². The average Bonchev–Trinajstić information content (AvgIpc) is 2.38. The highest BCUT2D eigenvalue weighted by Gasteiger charge is 2.18. The van der Waals surface area contributed by atoms with Gasteiger partial charge in [0.15, 0.2) is 0 Å². The number of amides is 2. The minimum Gasteiger partial charge on any atom is -0.394 e. The zero-order valence-corrected chi connectivity index (χ0v) is 11.6. The molecule has 3 N–H and O–H groups in total. The summed E-state index contributed by atoms with van der Waals surface area (Å²) in [6.45, 7) is 3.07. The second kappa shape index (κ2) is 7.11. The van der Waals surface area contributed by atoms with E-state index in [0.717, 1.165) is 0 Å². The number of nitrogens with one attached hydrogen (secondary N) is 2. The van der Waals surface area contributed by atoms with Crippen LogP contribution in [0.4, 0.5) is 0 Å². The van der Waals surface area contributed by atoms with E-state index in [1.807, 2.05) is 0 Å². The molecule has 0 saturated heterocycles. The Bertz CT molecular complexity index is 465. The van der Waals surface area contributed by atoms with Gasteiger partial charge in [-0.3, -0.25) is 9.59 Å². The van der Waals surface area contributed by atoms with Crippen LogP contribution in [0.5, 0.6) is 0 Å². The van der Waals surface area contributed by atoms with Gasteiger partial charge in [0.1, 0.15) is 6.04 Å². The molecule has 0 spiro atoms. The molecule has 2 atom stereocenters. The van der Waals surface area contributed by atoms with E-state index in [-0.39, 0.29) is 18.6 Å². The largest absolute Gasteiger partial charge is 0.394 e. The van der Waals surface area contributed by atoms with Crippen LogP contribution in [0.1, 0.15) is 24.2 Å². The van der Waals surface area contributed by atoms with E-state index in [1.54, 1.807) is 38.1 Å². The molecule has 0 aliphatic carbocycles. The van der Waals surface area contributed by atoms with Crippen molar-refractivity contribution in [3.8, 4) is 0 Å². The third-order valence-corrected chi connectivity index (χ3v) is 2.85. The Morgan fingerprint density at radius 3 is 2.47 bits per heavy atom. The molecule has 0 aliphatic rings. The third kappa shape index (κ3) is 4.54. The zero-order valence-electron chi connectivity index (χ0n) is 10.8. The van der Waals surface area contributed by atoms with Crippen LogP contribution in [-0.2, 0) is 4.79 Å². The Labute approximate surface area is 117 Å². The lowest BCUT2D eigenvalue weighted by atomic mass is 10.2. The molecule has 19 heavy (non-hydrogen) atoms. The maximum Gasteiger partial charge on any atom is 0.253 e. The lowest BCUT2D eigenvalue weighted by Crippen LogP contribution is -2.48. The monoisotopic (exact) mass is 284 g/mol. The van der Waals surface area contributed by atoms with E-state index in [4.69, 9.17) is 16.7 Å². The van der Waals surface area contributed by atoms with Gasteiger partial charge in [-0.15, -0.1) is 0 Å². The molecule has 1 aromatic carbocycles. The molecule has 1 rings (SSSR count). The Morgan fingerprint density at radius 2 is 1.89 bits per heavy atom. The summed E-state index contributed by atoms with van der Waals surface area (Å²) in [6.07, 6.45) is 0. The number of hydrogen-bond donors (Lipinski definition) is 3. The van der Waals surface area contributed by atoms with Gasteiger partial charge in [0.2, 0.25) is 5.91 Å². The van der Waals surface area contributed by atoms with Crippen LogP contribution in [0.3, 0.4) is 0 Å². The summed E-state index contributed by atoms with van der Waals surface area (Å²) < 4.78 is 0. The number of aliphatic hydroxyl groups is 1. The summed E-state index contributed by atoms with van der Waals surface area (Å²) in [5.74, 6) is -0.771. The maximum absolute atomic E-state index is 11.9. The van der Waals surface area contributed by atoms with Crippen LogP contribution >= 0.6 is 11.6 Å². The molecule has 0 radical (unpaired) electrons. The van der Waals surface area contributed by atoms with Crippen molar-refractivity contribution in [3.05, 3.63) is 34.9 Å². The number of carbonyl (C=O) groups excluding carboxylic acids is 2. The van der Waals surface area contributed by atoms with Gasteiger partial charge in [0.25, 0.3) is 5.91 Å². The minimum absolute atomic E-state index is 0.156. The maximum atomic E-state index is 11.9. The number of hydrogen-bond acceptors (Lipinski definition) is 3. The Morgan fingerprint density at radius 1 is 1.26 bits per heavy atom. The summed E-state index contributed by atoms with van der Waals surface area (Å²) in [7, 11) is 0. The van der Waals surface area contributed by atoms with Crippen LogP contribution in [0, 0.1) is 0 Å². The predicted molar refractivity (Wildman–Crippen MR) is 73.1 cm³/mol. The zero-order chi connectivity index (χ0) is 14.4. The molecule has 1 aromatic rings. The van der Waals surface area contributed by atoms with E-state index in [0.29, 0.717) is 10.6 Å². The first kappa shape index (κ1) is 15.5. The van der Waals surface area contributed by atoms with Crippen LogP contribution in [0.15, 0.2) is 24.3 Å². The topological polar surface area (TPSA) is 78.4 Å². The van der Waals surface area contributed by atoms with Gasteiger partial charge in [0, 0.05) is 6.04 Å². The van der Waals surface area contributed by atoms with Crippen molar-refractivity contribution in [3.63, 3.8) is 0 Å². The highest BCUT2D eigenvalue weighted by atomic mass is 35.5. The predicted octanol–water partition coefficient (Wildman–Crippen LogP) is 0.955. The van der Waals surface area contributed by atoms with Gasteiger partial charge in [0.05, 0.1) is 17.2 Å². The fourth-order valence-electron chi connectivity index (χ4n) is 1.40. The lowest BCUT2D eigenvalue weighted by Gasteiger charge is -2.17. The van der Waals surface area contributed by atoms with Gasteiger partial charge in [-0.2, -0.15) is 0 Å². The molecule has 104 valence electrons. The number of rotatable bonds is 5. The summed E-state index contributed by atoms with van der Waals surface area (Å²) in [5, 5.41) is 14.3. The minimum atomic E-state index is -0.710. The van der Waals surface area contributed by atoms with E-state index < -0.39 is 11.9 Å². The van der Waals surface area contributed by atoms with Crippen LogP contribution in [-0.4, -0.2) is 35.6 Å². The molecule has 6 heteroatoms. The molecular formula is C13H17ClN2O3. The molecule has 2 amide bonds. The molecule has 2 unspecified atom stereocenters. The fraction of sp³-hybridized carbons (Fsp3) is 0.385. The number of aliphatic hydroxyl groups excluding tert-OH is 1. The van der Waals surface area contributed by atoms with Crippen molar-refractivity contribution in [1.29, 1.82) is 0 Å². The van der Waals surface area contributed by atoms with Crippen molar-refractivity contribution >= 4 is 23.4 Å². The van der Waals surface area contributed by atoms with Crippen LogP contribution < -0.4 is 10.6 Å². The Hall–Kier alpha value is -1.59. The van der Waals surface area contributed by atoms with Crippen molar-refractivity contribution < 1.29 is 14.7 Å². The first-order chi connectivity index (χ1) is 8.95. The highest BCUT2D eigenvalue weighted by molar-refractivity contribution is 6.33.